The lowest BCUT2D eigenvalue weighted by Gasteiger charge is -2.29. The van der Waals surface area contributed by atoms with Gasteiger partial charge in [0.15, 0.2) is 6.61 Å². The number of benzene rings is 2. The van der Waals surface area contributed by atoms with Crippen molar-refractivity contribution in [1.82, 2.24) is 10.3 Å². The van der Waals surface area contributed by atoms with Crippen molar-refractivity contribution in [3.05, 3.63) is 53.5 Å². The molecule has 0 spiro atoms. The number of ether oxygens (including phenoxy) is 1. The highest BCUT2D eigenvalue weighted by Crippen LogP contribution is 2.31. The molecule has 0 atom stereocenters. The SMILES string of the molecule is O=C(CCN1C(=O)COc2ccccc21)NCc1nc2ccccc2s1. The highest BCUT2D eigenvalue weighted by Gasteiger charge is 2.25. The van der Waals surface area contributed by atoms with Crippen molar-refractivity contribution < 1.29 is 14.3 Å². The number of hydrogen-bond acceptors (Lipinski definition) is 5. The Bertz CT molecular complexity index is 936. The molecule has 0 saturated heterocycles. The smallest absolute Gasteiger partial charge is 0.265 e. The van der Waals surface area contributed by atoms with Crippen LogP contribution in [0.1, 0.15) is 11.4 Å². The maximum atomic E-state index is 12.2. The van der Waals surface area contributed by atoms with Crippen LogP contribution in [-0.4, -0.2) is 29.9 Å². The zero-order valence-corrected chi connectivity index (χ0v) is 14.8. The van der Waals surface area contributed by atoms with Gasteiger partial charge in [0.2, 0.25) is 5.91 Å². The maximum absolute atomic E-state index is 12.2. The topological polar surface area (TPSA) is 71.5 Å². The first kappa shape index (κ1) is 16.5. The van der Waals surface area contributed by atoms with Gasteiger partial charge < -0.3 is 15.0 Å². The van der Waals surface area contributed by atoms with Gasteiger partial charge in [0, 0.05) is 13.0 Å². The molecular formula is C19H17N3O3S. The van der Waals surface area contributed by atoms with Crippen LogP contribution in [0.4, 0.5) is 5.69 Å². The van der Waals surface area contributed by atoms with E-state index in [1.54, 1.807) is 16.2 Å². The first-order valence-corrected chi connectivity index (χ1v) is 9.16. The Balaban J connectivity index is 1.34. The lowest BCUT2D eigenvalue weighted by Crippen LogP contribution is -2.41. The number of hydrogen-bond donors (Lipinski definition) is 1. The molecule has 0 unspecified atom stereocenters. The van der Waals surface area contributed by atoms with Crippen LogP contribution in [0.5, 0.6) is 5.75 Å². The lowest BCUT2D eigenvalue weighted by molar-refractivity contribution is -0.122. The van der Waals surface area contributed by atoms with Gasteiger partial charge in [-0.25, -0.2) is 4.98 Å². The van der Waals surface area contributed by atoms with Crippen molar-refractivity contribution in [2.75, 3.05) is 18.1 Å². The standard InChI is InChI=1S/C19H17N3O3S/c23-17(20-11-18-21-13-5-1-4-8-16(13)26-18)9-10-22-14-6-2-3-7-15(14)25-12-19(22)24/h1-8H,9-12H2,(H,20,23). The molecule has 0 bridgehead atoms. The van der Waals surface area contributed by atoms with Crippen molar-refractivity contribution in [1.29, 1.82) is 0 Å². The second kappa shape index (κ2) is 7.13. The van der Waals surface area contributed by atoms with Crippen molar-refractivity contribution in [3.8, 4) is 5.75 Å². The van der Waals surface area contributed by atoms with Crippen molar-refractivity contribution in [2.45, 2.75) is 13.0 Å². The number of thiazole rings is 1. The normalized spacial score (nSPS) is 13.4. The van der Waals surface area contributed by atoms with E-state index in [4.69, 9.17) is 4.74 Å². The molecule has 0 aliphatic carbocycles. The van der Waals surface area contributed by atoms with Gasteiger partial charge in [-0.15, -0.1) is 11.3 Å². The predicted molar refractivity (Wildman–Crippen MR) is 100 cm³/mol. The third-order valence-electron chi connectivity index (χ3n) is 4.15. The molecule has 2 amide bonds. The summed E-state index contributed by atoms with van der Waals surface area (Å²) >= 11 is 1.57. The van der Waals surface area contributed by atoms with Gasteiger partial charge in [0.1, 0.15) is 10.8 Å². The Hall–Kier alpha value is -2.93. The van der Waals surface area contributed by atoms with Gasteiger partial charge >= 0.3 is 0 Å². The number of anilines is 1. The maximum Gasteiger partial charge on any atom is 0.265 e. The molecule has 6 nitrogen and oxygen atoms in total. The van der Waals surface area contributed by atoms with Crippen LogP contribution in [-0.2, 0) is 16.1 Å². The molecule has 1 aromatic heterocycles. The van der Waals surface area contributed by atoms with E-state index >= 15 is 0 Å². The fourth-order valence-electron chi connectivity index (χ4n) is 2.87. The van der Waals surface area contributed by atoms with E-state index in [9.17, 15) is 9.59 Å². The molecule has 2 heterocycles. The van der Waals surface area contributed by atoms with Gasteiger partial charge in [0.05, 0.1) is 22.4 Å². The summed E-state index contributed by atoms with van der Waals surface area (Å²) in [6.07, 6.45) is 0.227. The summed E-state index contributed by atoms with van der Waals surface area (Å²) in [5.41, 5.74) is 1.65. The number of amides is 2. The molecule has 0 fully saturated rings. The minimum absolute atomic E-state index is 0.00430. The highest BCUT2D eigenvalue weighted by atomic mass is 32.1. The van der Waals surface area contributed by atoms with Gasteiger partial charge in [-0.2, -0.15) is 0 Å². The largest absolute Gasteiger partial charge is 0.482 e. The minimum atomic E-state index is -0.136. The van der Waals surface area contributed by atoms with E-state index < -0.39 is 0 Å². The number of fused-ring (bicyclic) bond motifs is 2. The van der Waals surface area contributed by atoms with Crippen LogP contribution >= 0.6 is 11.3 Å². The summed E-state index contributed by atoms with van der Waals surface area (Å²) in [5, 5.41) is 3.75. The zero-order valence-electron chi connectivity index (χ0n) is 14.0. The number of nitrogens with zero attached hydrogens (tertiary/aromatic N) is 2. The monoisotopic (exact) mass is 367 g/mol. The number of nitrogens with one attached hydrogen (secondary N) is 1. The van der Waals surface area contributed by atoms with E-state index in [1.807, 2.05) is 48.5 Å². The molecule has 1 N–H and O–H groups in total. The summed E-state index contributed by atoms with van der Waals surface area (Å²) in [7, 11) is 0. The van der Waals surface area contributed by atoms with Gasteiger partial charge in [-0.05, 0) is 24.3 Å². The van der Waals surface area contributed by atoms with Crippen LogP contribution in [0.3, 0.4) is 0 Å². The first-order chi connectivity index (χ1) is 12.7. The lowest BCUT2D eigenvalue weighted by atomic mass is 10.2. The molecule has 0 saturated carbocycles. The number of carbonyl (C=O) groups is 2. The average molecular weight is 367 g/mol. The van der Waals surface area contributed by atoms with Crippen LogP contribution in [0.25, 0.3) is 10.2 Å². The average Bonchev–Trinajstić information content (AvgIpc) is 3.08. The molecule has 1 aliphatic heterocycles. The Morgan fingerprint density at radius 2 is 2.00 bits per heavy atom. The van der Waals surface area contributed by atoms with Crippen LogP contribution in [0, 0.1) is 0 Å². The van der Waals surface area contributed by atoms with Crippen molar-refractivity contribution >= 4 is 39.1 Å². The van der Waals surface area contributed by atoms with E-state index in [2.05, 4.69) is 10.3 Å². The summed E-state index contributed by atoms with van der Waals surface area (Å²) in [6, 6.07) is 15.2. The van der Waals surface area contributed by atoms with Crippen LogP contribution in [0.15, 0.2) is 48.5 Å². The summed E-state index contributed by atoms with van der Waals surface area (Å²) in [5.74, 6) is 0.422. The second-order valence-electron chi connectivity index (χ2n) is 5.90. The molecule has 3 aromatic rings. The predicted octanol–water partition coefficient (Wildman–Crippen LogP) is 2.73. The Morgan fingerprint density at radius 3 is 2.88 bits per heavy atom. The summed E-state index contributed by atoms with van der Waals surface area (Å²) in [4.78, 5) is 30.4. The van der Waals surface area contributed by atoms with E-state index in [-0.39, 0.29) is 24.8 Å². The second-order valence-corrected chi connectivity index (χ2v) is 7.02. The highest BCUT2D eigenvalue weighted by molar-refractivity contribution is 7.18. The van der Waals surface area contributed by atoms with Crippen LogP contribution in [0.2, 0.25) is 0 Å². The quantitative estimate of drug-likeness (QED) is 0.753. The van der Waals surface area contributed by atoms with Crippen molar-refractivity contribution in [3.63, 3.8) is 0 Å². The Kier molecular flexibility index (Phi) is 4.53. The van der Waals surface area contributed by atoms with E-state index in [0.717, 1.165) is 15.2 Å². The molecule has 132 valence electrons. The third kappa shape index (κ3) is 3.39. The summed E-state index contributed by atoms with van der Waals surface area (Å²) in [6.45, 7) is 0.723. The number of aromatic nitrogens is 1. The molecule has 2 aromatic carbocycles. The number of para-hydroxylation sites is 3. The number of carbonyl (C=O) groups excluding carboxylic acids is 2. The molecule has 1 aliphatic rings. The van der Waals surface area contributed by atoms with E-state index in [1.165, 1.54) is 0 Å². The fourth-order valence-corrected chi connectivity index (χ4v) is 3.78. The Labute approximate surface area is 154 Å². The van der Waals surface area contributed by atoms with Crippen molar-refractivity contribution in [2.24, 2.45) is 0 Å². The molecular weight excluding hydrogens is 350 g/mol. The Morgan fingerprint density at radius 1 is 1.19 bits per heavy atom. The number of rotatable bonds is 5. The van der Waals surface area contributed by atoms with Gasteiger partial charge in [0.25, 0.3) is 5.91 Å². The van der Waals surface area contributed by atoms with Gasteiger partial charge in [-0.3, -0.25) is 9.59 Å². The van der Waals surface area contributed by atoms with Gasteiger partial charge in [-0.1, -0.05) is 24.3 Å². The summed E-state index contributed by atoms with van der Waals surface area (Å²) < 4.78 is 6.51. The molecule has 26 heavy (non-hydrogen) atoms. The fraction of sp³-hybridized carbons (Fsp3) is 0.211. The molecule has 7 heteroatoms. The molecule has 0 radical (unpaired) electrons. The van der Waals surface area contributed by atoms with Crippen LogP contribution < -0.4 is 15.0 Å². The molecule has 4 rings (SSSR count). The van der Waals surface area contributed by atoms with E-state index in [0.29, 0.717) is 24.5 Å². The minimum Gasteiger partial charge on any atom is -0.482 e. The zero-order chi connectivity index (χ0) is 17.9. The first-order valence-electron chi connectivity index (χ1n) is 8.34. The third-order valence-corrected chi connectivity index (χ3v) is 5.18.